The van der Waals surface area contributed by atoms with Crippen LogP contribution in [-0.2, 0) is 0 Å². The lowest BCUT2D eigenvalue weighted by Crippen LogP contribution is -2.30. The average Bonchev–Trinajstić information content (AvgIpc) is 2.74. The van der Waals surface area contributed by atoms with Crippen LogP contribution in [0.3, 0.4) is 0 Å². The number of hydrogen-bond acceptors (Lipinski definition) is 4. The molecule has 1 aliphatic carbocycles. The molecule has 1 N–H and O–H groups in total. The van der Waals surface area contributed by atoms with E-state index in [1.165, 1.54) is 32.1 Å². The summed E-state index contributed by atoms with van der Waals surface area (Å²) in [6.45, 7) is 0.746. The highest BCUT2D eigenvalue weighted by atomic mass is 35.5. The third kappa shape index (κ3) is 3.15. The molecule has 1 aromatic rings. The Bertz CT molecular complexity index is 363. The van der Waals surface area contributed by atoms with Gasteiger partial charge in [-0.3, -0.25) is 4.79 Å². The van der Waals surface area contributed by atoms with Gasteiger partial charge in [0.25, 0.3) is 5.91 Å². The van der Waals surface area contributed by atoms with Crippen LogP contribution < -0.4 is 5.32 Å². The summed E-state index contributed by atoms with van der Waals surface area (Å²) in [6.07, 6.45) is 6.33. The van der Waals surface area contributed by atoms with Gasteiger partial charge in [-0.1, -0.05) is 30.6 Å². The highest BCUT2D eigenvalue weighted by molar-refractivity contribution is 7.17. The number of nitrogens with zero attached hydrogens (tertiary/aromatic N) is 2. The standard InChI is InChI=1S/C10H14ClN3OS/c11-10-14-13-9(16-10)8(15)12-6-7-4-2-1-3-5-7/h7H,1-6H2,(H,12,15). The third-order valence-corrected chi connectivity index (χ3v) is 3.89. The van der Waals surface area contributed by atoms with E-state index in [0.717, 1.165) is 17.9 Å². The molecule has 0 bridgehead atoms. The lowest BCUT2D eigenvalue weighted by molar-refractivity contribution is 0.0942. The van der Waals surface area contributed by atoms with Gasteiger partial charge in [-0.05, 0) is 30.4 Å². The largest absolute Gasteiger partial charge is 0.350 e. The van der Waals surface area contributed by atoms with Crippen LogP contribution in [0.5, 0.6) is 0 Å². The van der Waals surface area contributed by atoms with Gasteiger partial charge in [0.15, 0.2) is 0 Å². The summed E-state index contributed by atoms with van der Waals surface area (Å²) in [7, 11) is 0. The Labute approximate surface area is 103 Å². The molecule has 1 heterocycles. The average molecular weight is 260 g/mol. The summed E-state index contributed by atoms with van der Waals surface area (Å²) in [5.41, 5.74) is 0. The Morgan fingerprint density at radius 3 is 2.75 bits per heavy atom. The lowest BCUT2D eigenvalue weighted by atomic mass is 9.89. The fourth-order valence-corrected chi connectivity index (χ4v) is 2.75. The Morgan fingerprint density at radius 2 is 2.12 bits per heavy atom. The van der Waals surface area contributed by atoms with E-state index in [0.29, 0.717) is 15.4 Å². The predicted molar refractivity (Wildman–Crippen MR) is 63.8 cm³/mol. The molecule has 0 saturated heterocycles. The van der Waals surface area contributed by atoms with E-state index >= 15 is 0 Å². The van der Waals surface area contributed by atoms with Crippen molar-refractivity contribution >= 4 is 28.8 Å². The van der Waals surface area contributed by atoms with Gasteiger partial charge in [-0.2, -0.15) is 0 Å². The second kappa shape index (κ2) is 5.59. The maximum Gasteiger partial charge on any atom is 0.282 e. The molecule has 88 valence electrons. The van der Waals surface area contributed by atoms with Crippen LogP contribution in [0.4, 0.5) is 0 Å². The van der Waals surface area contributed by atoms with Crippen molar-refractivity contribution in [2.75, 3.05) is 6.54 Å². The molecule has 0 aromatic carbocycles. The number of amides is 1. The predicted octanol–water partition coefficient (Wildman–Crippen LogP) is 2.50. The molecule has 0 spiro atoms. The van der Waals surface area contributed by atoms with Gasteiger partial charge >= 0.3 is 0 Å². The first-order chi connectivity index (χ1) is 7.75. The van der Waals surface area contributed by atoms with E-state index in [9.17, 15) is 4.79 Å². The van der Waals surface area contributed by atoms with Gasteiger partial charge in [-0.15, -0.1) is 10.2 Å². The van der Waals surface area contributed by atoms with Gasteiger partial charge < -0.3 is 5.32 Å². The van der Waals surface area contributed by atoms with Gasteiger partial charge in [-0.25, -0.2) is 0 Å². The first-order valence-electron chi connectivity index (χ1n) is 5.53. The monoisotopic (exact) mass is 259 g/mol. The Kier molecular flexibility index (Phi) is 4.12. The molecule has 0 atom stereocenters. The summed E-state index contributed by atoms with van der Waals surface area (Å²) in [5, 5.41) is 10.5. The van der Waals surface area contributed by atoms with Crippen LogP contribution in [-0.4, -0.2) is 22.6 Å². The second-order valence-corrected chi connectivity index (χ2v) is 5.63. The number of aromatic nitrogens is 2. The lowest BCUT2D eigenvalue weighted by Gasteiger charge is -2.21. The van der Waals surface area contributed by atoms with Crippen molar-refractivity contribution in [1.82, 2.24) is 15.5 Å². The van der Waals surface area contributed by atoms with E-state index in [2.05, 4.69) is 15.5 Å². The topological polar surface area (TPSA) is 54.9 Å². The molecule has 1 aromatic heterocycles. The van der Waals surface area contributed by atoms with Crippen molar-refractivity contribution in [3.05, 3.63) is 9.47 Å². The molecule has 0 radical (unpaired) electrons. The molecule has 1 saturated carbocycles. The maximum absolute atomic E-state index is 11.6. The van der Waals surface area contributed by atoms with Gasteiger partial charge in [0.05, 0.1) is 0 Å². The van der Waals surface area contributed by atoms with Crippen molar-refractivity contribution < 1.29 is 4.79 Å². The highest BCUT2D eigenvalue weighted by Gasteiger charge is 2.16. The summed E-state index contributed by atoms with van der Waals surface area (Å²) in [5.74, 6) is 0.469. The quantitative estimate of drug-likeness (QED) is 0.907. The fraction of sp³-hybridized carbons (Fsp3) is 0.700. The summed E-state index contributed by atoms with van der Waals surface area (Å²) < 4.78 is 0.308. The van der Waals surface area contributed by atoms with Crippen LogP contribution in [0.15, 0.2) is 0 Å². The molecule has 0 unspecified atom stereocenters. The second-order valence-electron chi connectivity index (χ2n) is 4.07. The number of carbonyl (C=O) groups is 1. The Balaban J connectivity index is 1.79. The van der Waals surface area contributed by atoms with E-state index in [1.807, 2.05) is 0 Å². The van der Waals surface area contributed by atoms with Gasteiger partial charge in [0.2, 0.25) is 9.47 Å². The van der Waals surface area contributed by atoms with Crippen LogP contribution in [0, 0.1) is 5.92 Å². The number of nitrogens with one attached hydrogen (secondary N) is 1. The molecule has 16 heavy (non-hydrogen) atoms. The van der Waals surface area contributed by atoms with Crippen LogP contribution in [0.2, 0.25) is 4.47 Å². The zero-order valence-corrected chi connectivity index (χ0v) is 10.5. The number of hydrogen-bond donors (Lipinski definition) is 1. The minimum absolute atomic E-state index is 0.157. The third-order valence-electron chi connectivity index (χ3n) is 2.87. The zero-order valence-electron chi connectivity index (χ0n) is 8.91. The number of rotatable bonds is 3. The molecule has 1 aliphatic rings. The van der Waals surface area contributed by atoms with Crippen molar-refractivity contribution in [3.8, 4) is 0 Å². The summed E-state index contributed by atoms with van der Waals surface area (Å²) in [4.78, 5) is 11.6. The molecule has 1 fully saturated rings. The van der Waals surface area contributed by atoms with Crippen molar-refractivity contribution in [3.63, 3.8) is 0 Å². The van der Waals surface area contributed by atoms with Gasteiger partial charge in [0.1, 0.15) is 0 Å². The SMILES string of the molecule is O=C(NCC1CCCCC1)c1nnc(Cl)s1. The molecule has 2 rings (SSSR count). The minimum atomic E-state index is -0.157. The first kappa shape index (κ1) is 11.8. The highest BCUT2D eigenvalue weighted by Crippen LogP contribution is 2.23. The normalized spacial score (nSPS) is 17.3. The molecule has 0 aliphatic heterocycles. The Hall–Kier alpha value is -0.680. The Morgan fingerprint density at radius 1 is 1.38 bits per heavy atom. The molecular weight excluding hydrogens is 246 g/mol. The molecule has 4 nitrogen and oxygen atoms in total. The smallest absolute Gasteiger partial charge is 0.282 e. The molecule has 1 amide bonds. The van der Waals surface area contributed by atoms with Crippen molar-refractivity contribution in [2.24, 2.45) is 5.92 Å². The van der Waals surface area contributed by atoms with E-state index in [4.69, 9.17) is 11.6 Å². The fourth-order valence-electron chi connectivity index (χ4n) is 2.00. The summed E-state index contributed by atoms with van der Waals surface area (Å²) in [6, 6.07) is 0. The molecule has 6 heteroatoms. The number of halogens is 1. The van der Waals surface area contributed by atoms with Crippen molar-refractivity contribution in [2.45, 2.75) is 32.1 Å². The van der Waals surface area contributed by atoms with E-state index < -0.39 is 0 Å². The van der Waals surface area contributed by atoms with Crippen LogP contribution >= 0.6 is 22.9 Å². The first-order valence-corrected chi connectivity index (χ1v) is 6.72. The zero-order chi connectivity index (χ0) is 11.4. The van der Waals surface area contributed by atoms with Gasteiger partial charge in [0, 0.05) is 6.54 Å². The molecular formula is C10H14ClN3OS. The van der Waals surface area contributed by atoms with Crippen LogP contribution in [0.1, 0.15) is 41.9 Å². The number of carbonyl (C=O) groups excluding carboxylic acids is 1. The maximum atomic E-state index is 11.6. The van der Waals surface area contributed by atoms with E-state index in [-0.39, 0.29) is 5.91 Å². The van der Waals surface area contributed by atoms with Crippen LogP contribution in [0.25, 0.3) is 0 Å². The minimum Gasteiger partial charge on any atom is -0.350 e. The van der Waals surface area contributed by atoms with E-state index in [1.54, 1.807) is 0 Å². The summed E-state index contributed by atoms with van der Waals surface area (Å²) >= 11 is 6.73. The van der Waals surface area contributed by atoms with Crippen molar-refractivity contribution in [1.29, 1.82) is 0 Å².